The molecule has 1 heterocycles. The van der Waals surface area contributed by atoms with Crippen molar-refractivity contribution in [2.75, 3.05) is 32.2 Å². The number of nitrogens with one attached hydrogen (secondary N) is 3. The van der Waals surface area contributed by atoms with Crippen LogP contribution in [0.3, 0.4) is 0 Å². The first-order valence-corrected chi connectivity index (χ1v) is 10.6. The molecule has 1 aromatic heterocycles. The molecule has 0 aliphatic rings. The van der Waals surface area contributed by atoms with Crippen LogP contribution < -0.4 is 5.32 Å². The first kappa shape index (κ1) is 26.4. The molecule has 0 radical (unpaired) electrons. The van der Waals surface area contributed by atoms with E-state index in [1.54, 1.807) is 42.5 Å². The fourth-order valence-electron chi connectivity index (χ4n) is 2.62. The average Bonchev–Trinajstić information content (AvgIpc) is 2.85. The van der Waals surface area contributed by atoms with E-state index in [1.165, 1.54) is 7.05 Å². The van der Waals surface area contributed by atoms with Gasteiger partial charge in [-0.15, -0.1) is 0 Å². The number of aromatic nitrogens is 1. The minimum Gasteiger partial charge on any atom is -0.444 e. The van der Waals surface area contributed by atoms with Gasteiger partial charge in [0.25, 0.3) is 0 Å². The number of anilines is 1. The van der Waals surface area contributed by atoms with Crippen molar-refractivity contribution in [3.8, 4) is 0 Å². The van der Waals surface area contributed by atoms with E-state index in [4.69, 9.17) is 30.0 Å². The largest absolute Gasteiger partial charge is 0.444 e. The van der Waals surface area contributed by atoms with Gasteiger partial charge in [-0.3, -0.25) is 10.7 Å². The molecule has 0 aliphatic carbocycles. The van der Waals surface area contributed by atoms with Crippen LogP contribution in [0, 0.1) is 10.9 Å². The number of carbonyl (C=O) groups excluding carboxylic acids is 1. The molecule has 1 aromatic carbocycles. The van der Waals surface area contributed by atoms with Crippen LogP contribution in [0.2, 0.25) is 0 Å². The summed E-state index contributed by atoms with van der Waals surface area (Å²) < 4.78 is 15.8. The predicted molar refractivity (Wildman–Crippen MR) is 125 cm³/mol. The molecule has 0 bridgehead atoms. The lowest BCUT2D eigenvalue weighted by Gasteiger charge is -2.16. The summed E-state index contributed by atoms with van der Waals surface area (Å²) >= 11 is 0. The van der Waals surface area contributed by atoms with Gasteiger partial charge in [0, 0.05) is 25.8 Å². The van der Waals surface area contributed by atoms with Gasteiger partial charge in [0.2, 0.25) is 0 Å². The second-order valence-corrected chi connectivity index (χ2v) is 6.63. The molecule has 12 nitrogen and oxygen atoms in total. The van der Waals surface area contributed by atoms with Crippen molar-refractivity contribution in [2.45, 2.75) is 26.7 Å². The van der Waals surface area contributed by atoms with Crippen molar-refractivity contribution in [3.05, 3.63) is 59.8 Å². The third-order valence-electron chi connectivity index (χ3n) is 4.21. The van der Waals surface area contributed by atoms with Gasteiger partial charge in [-0.05, 0) is 26.0 Å². The van der Waals surface area contributed by atoms with Crippen LogP contribution in [-0.4, -0.2) is 60.8 Å². The summed E-state index contributed by atoms with van der Waals surface area (Å²) in [5, 5.41) is 19.1. The number of ether oxygens (including phenoxy) is 3. The number of hydrogen-bond donors (Lipinski definition) is 3. The number of pyridine rings is 1. The minimum absolute atomic E-state index is 0.0212. The molecule has 0 saturated carbocycles. The Labute approximate surface area is 197 Å². The Bertz CT molecular complexity index is 965. The highest BCUT2D eigenvalue weighted by atomic mass is 16.7. The summed E-state index contributed by atoms with van der Waals surface area (Å²) in [5.41, 5.74) is 8.45. The number of oxime groups is 1. The summed E-state index contributed by atoms with van der Waals surface area (Å²) in [7, 11) is 1.47. The summed E-state index contributed by atoms with van der Waals surface area (Å²) in [6.07, 6.45) is -1.33. The van der Waals surface area contributed by atoms with Gasteiger partial charge in [-0.1, -0.05) is 46.8 Å². The number of likely N-dealkylation sites (N-methyl/N-ethyl adjacent to an activating group) is 1. The van der Waals surface area contributed by atoms with Crippen LogP contribution in [-0.2, 0) is 25.7 Å². The maximum atomic E-state index is 12.1. The Hall–Kier alpha value is -3.90. The molecular weight excluding hydrogens is 442 g/mol. The van der Waals surface area contributed by atoms with Crippen molar-refractivity contribution in [1.82, 2.24) is 9.99 Å². The molecule has 0 aliphatic heterocycles. The fourth-order valence-corrected chi connectivity index (χ4v) is 2.62. The number of amidine groups is 1. The highest BCUT2D eigenvalue weighted by molar-refractivity contribution is 6.46. The second kappa shape index (κ2) is 14.3. The molecule has 34 heavy (non-hydrogen) atoms. The van der Waals surface area contributed by atoms with Crippen LogP contribution in [0.25, 0.3) is 0 Å². The van der Waals surface area contributed by atoms with E-state index >= 15 is 0 Å². The van der Waals surface area contributed by atoms with Gasteiger partial charge in [-0.25, -0.2) is 14.8 Å². The zero-order chi connectivity index (χ0) is 24.8. The van der Waals surface area contributed by atoms with Gasteiger partial charge in [0.15, 0.2) is 24.4 Å². The first-order chi connectivity index (χ1) is 16.5. The third-order valence-corrected chi connectivity index (χ3v) is 4.21. The van der Waals surface area contributed by atoms with Crippen LogP contribution >= 0.6 is 0 Å². The molecular formula is C22H29N7O5. The minimum atomic E-state index is -0.699. The molecule has 2 rings (SSSR count). The van der Waals surface area contributed by atoms with E-state index in [-0.39, 0.29) is 30.6 Å². The van der Waals surface area contributed by atoms with E-state index in [1.807, 2.05) is 19.9 Å². The van der Waals surface area contributed by atoms with Crippen molar-refractivity contribution >= 4 is 23.5 Å². The van der Waals surface area contributed by atoms with Gasteiger partial charge in [-0.2, -0.15) is 5.53 Å². The molecule has 12 heteroatoms. The molecule has 0 spiro atoms. The first-order valence-electron chi connectivity index (χ1n) is 10.6. The van der Waals surface area contributed by atoms with Gasteiger partial charge >= 0.3 is 6.09 Å². The van der Waals surface area contributed by atoms with Crippen LogP contribution in [0.4, 0.5) is 10.6 Å². The third kappa shape index (κ3) is 8.56. The number of benzene rings is 1. The van der Waals surface area contributed by atoms with E-state index < -0.39 is 12.4 Å². The molecule has 1 amide bonds. The molecule has 2 aromatic rings. The number of hydrogen-bond acceptors (Lipinski definition) is 10. The number of nitrogens with zero attached hydrogens (tertiary/aromatic N) is 4. The smallest absolute Gasteiger partial charge is 0.412 e. The molecule has 0 atom stereocenters. The zero-order valence-corrected chi connectivity index (χ0v) is 19.4. The lowest BCUT2D eigenvalue weighted by atomic mass is 10.1. The molecule has 0 unspecified atom stereocenters. The fraction of sp³-hybridized carbons (Fsp3) is 0.364. The average molecular weight is 472 g/mol. The van der Waals surface area contributed by atoms with E-state index in [0.717, 1.165) is 5.01 Å². The van der Waals surface area contributed by atoms with E-state index in [9.17, 15) is 4.79 Å². The molecule has 182 valence electrons. The van der Waals surface area contributed by atoms with Gasteiger partial charge < -0.3 is 19.0 Å². The quantitative estimate of drug-likeness (QED) is 0.132. The lowest BCUT2D eigenvalue weighted by molar-refractivity contribution is -0.156. The number of rotatable bonds is 13. The van der Waals surface area contributed by atoms with Crippen molar-refractivity contribution in [2.24, 2.45) is 10.4 Å². The summed E-state index contributed by atoms with van der Waals surface area (Å²) in [5.74, 6) is 0.160. The highest BCUT2D eigenvalue weighted by Gasteiger charge is 2.16. The highest BCUT2D eigenvalue weighted by Crippen LogP contribution is 2.10. The predicted octanol–water partition coefficient (Wildman–Crippen LogP) is 3.81. The van der Waals surface area contributed by atoms with E-state index in [2.05, 4.69) is 20.7 Å². The molecule has 0 fully saturated rings. The van der Waals surface area contributed by atoms with E-state index in [0.29, 0.717) is 24.5 Å². The Morgan fingerprint density at radius 1 is 1.12 bits per heavy atom. The topological polar surface area (TPSA) is 155 Å². The lowest BCUT2D eigenvalue weighted by Crippen LogP contribution is -2.29. The van der Waals surface area contributed by atoms with Crippen molar-refractivity contribution < 1.29 is 23.8 Å². The van der Waals surface area contributed by atoms with Gasteiger partial charge in [0.1, 0.15) is 12.4 Å². The maximum absolute atomic E-state index is 12.1. The molecule has 0 saturated heterocycles. The number of carbonyl (C=O) groups is 1. The maximum Gasteiger partial charge on any atom is 0.412 e. The summed E-state index contributed by atoms with van der Waals surface area (Å²) in [6.45, 7) is 4.43. The monoisotopic (exact) mass is 471 g/mol. The Morgan fingerprint density at radius 2 is 1.82 bits per heavy atom. The summed E-state index contributed by atoms with van der Waals surface area (Å²) in [4.78, 5) is 21.8. The Kier molecular flexibility index (Phi) is 11.1. The van der Waals surface area contributed by atoms with Crippen molar-refractivity contribution in [1.29, 1.82) is 10.9 Å². The standard InChI is InChI=1S/C22H29N7O5/c1-4-31-19(32-5-2)15-33-22(30)26-18-13-9-12-17(25-18)14-34-27-20(21(23)29(3)28-24)16-10-7-6-8-11-16/h6-13,19,23-24H,4-5,14-15H2,1-3H3,(H,25,26,30)/b23-21?,27-20-,28-24?. The Morgan fingerprint density at radius 3 is 2.47 bits per heavy atom. The SMILES string of the molecule is CCOC(COC(=O)Nc1cccc(CO/N=C(\C(=N)N(C)N=N)c2ccccc2)n1)OCC. The normalized spacial score (nSPS) is 11.1. The second-order valence-electron chi connectivity index (χ2n) is 6.63. The van der Waals surface area contributed by atoms with Gasteiger partial charge in [0.05, 0.1) is 5.69 Å². The summed E-state index contributed by atoms with van der Waals surface area (Å²) in [6, 6.07) is 14.0. The molecule has 3 N–H and O–H groups in total. The Balaban J connectivity index is 1.99. The number of amides is 1. The zero-order valence-electron chi connectivity index (χ0n) is 19.4. The van der Waals surface area contributed by atoms with Crippen LogP contribution in [0.5, 0.6) is 0 Å². The van der Waals surface area contributed by atoms with Crippen molar-refractivity contribution in [3.63, 3.8) is 0 Å². The van der Waals surface area contributed by atoms with Crippen LogP contribution in [0.15, 0.2) is 58.9 Å². The van der Waals surface area contributed by atoms with Crippen LogP contribution in [0.1, 0.15) is 25.1 Å².